The van der Waals surface area contributed by atoms with Crippen LogP contribution >= 0.6 is 0 Å². The van der Waals surface area contributed by atoms with Gasteiger partial charge < -0.3 is 14.6 Å². The van der Waals surface area contributed by atoms with Crippen LogP contribution in [0.3, 0.4) is 0 Å². The fourth-order valence-electron chi connectivity index (χ4n) is 2.79. The van der Waals surface area contributed by atoms with Crippen LogP contribution in [0.1, 0.15) is 32.3 Å². The van der Waals surface area contributed by atoms with Gasteiger partial charge in [-0.15, -0.1) is 0 Å². The summed E-state index contributed by atoms with van der Waals surface area (Å²) in [4.78, 5) is 0. The van der Waals surface area contributed by atoms with Gasteiger partial charge in [0, 0.05) is 18.4 Å². The van der Waals surface area contributed by atoms with Crippen molar-refractivity contribution in [2.45, 2.75) is 32.5 Å². The second kappa shape index (κ2) is 6.53. The van der Waals surface area contributed by atoms with E-state index in [1.54, 1.807) is 0 Å². The van der Waals surface area contributed by atoms with Gasteiger partial charge in [-0.1, -0.05) is 42.5 Å². The third-order valence-electron chi connectivity index (χ3n) is 3.83. The van der Waals surface area contributed by atoms with E-state index in [4.69, 9.17) is 9.47 Å². The van der Waals surface area contributed by atoms with Gasteiger partial charge in [0.2, 0.25) is 0 Å². The molecule has 2 unspecified atom stereocenters. The Morgan fingerprint density at radius 3 is 2.75 bits per heavy atom. The van der Waals surface area contributed by atoms with Crippen LogP contribution in [0.25, 0.3) is 6.08 Å². The van der Waals surface area contributed by atoms with E-state index in [1.165, 1.54) is 5.56 Å². The van der Waals surface area contributed by atoms with Crippen molar-refractivity contribution in [2.75, 3.05) is 19.8 Å². The average molecular weight is 276 g/mol. The van der Waals surface area contributed by atoms with Crippen LogP contribution < -0.4 is 0 Å². The number of benzene rings is 1. The third-order valence-corrected chi connectivity index (χ3v) is 3.83. The Morgan fingerprint density at radius 2 is 2.10 bits per heavy atom. The first kappa shape index (κ1) is 15.2. The van der Waals surface area contributed by atoms with Crippen molar-refractivity contribution in [2.24, 2.45) is 5.41 Å². The first-order chi connectivity index (χ1) is 9.61. The molecule has 20 heavy (non-hydrogen) atoms. The predicted molar refractivity (Wildman–Crippen MR) is 80.2 cm³/mol. The highest BCUT2D eigenvalue weighted by atomic mass is 16.7. The number of rotatable bonds is 6. The van der Waals surface area contributed by atoms with E-state index in [-0.39, 0.29) is 12.0 Å². The summed E-state index contributed by atoms with van der Waals surface area (Å²) in [5, 5.41) is 9.74. The Kier molecular flexibility index (Phi) is 4.97. The van der Waals surface area contributed by atoms with E-state index in [0.29, 0.717) is 13.2 Å². The van der Waals surface area contributed by atoms with Gasteiger partial charge in [0.1, 0.15) is 0 Å². The van der Waals surface area contributed by atoms with E-state index >= 15 is 0 Å². The van der Waals surface area contributed by atoms with E-state index in [9.17, 15) is 5.11 Å². The minimum atomic E-state index is -0.557. The highest BCUT2D eigenvalue weighted by molar-refractivity contribution is 5.48. The summed E-state index contributed by atoms with van der Waals surface area (Å²) in [6.45, 7) is 5.20. The topological polar surface area (TPSA) is 38.7 Å². The fraction of sp³-hybridized carbons (Fsp3) is 0.529. The minimum Gasteiger partial charge on any atom is -0.396 e. The normalized spacial score (nSPS) is 30.1. The summed E-state index contributed by atoms with van der Waals surface area (Å²) >= 11 is 0. The standard InChI is InChI=1S/C17H24O3/c1-3-19-16(2)12-17(13-18,14-20-16)11-7-10-15-8-5-4-6-9-15/h4-10,18H,3,11-14H2,1-2H3/b10-7+. The van der Waals surface area contributed by atoms with Gasteiger partial charge in [0.15, 0.2) is 5.79 Å². The quantitative estimate of drug-likeness (QED) is 0.867. The van der Waals surface area contributed by atoms with E-state index in [1.807, 2.05) is 32.0 Å². The number of allylic oxidation sites excluding steroid dienone is 1. The zero-order valence-corrected chi connectivity index (χ0v) is 12.3. The lowest BCUT2D eigenvalue weighted by Crippen LogP contribution is -2.31. The van der Waals surface area contributed by atoms with Gasteiger partial charge in [0.25, 0.3) is 0 Å². The Morgan fingerprint density at radius 1 is 1.35 bits per heavy atom. The molecule has 0 aromatic heterocycles. The predicted octanol–water partition coefficient (Wildman–Crippen LogP) is 3.24. The van der Waals surface area contributed by atoms with Crippen molar-refractivity contribution in [3.8, 4) is 0 Å². The van der Waals surface area contributed by atoms with E-state index in [2.05, 4.69) is 24.3 Å². The molecule has 0 bridgehead atoms. The number of aliphatic hydroxyl groups is 1. The smallest absolute Gasteiger partial charge is 0.166 e. The molecule has 1 N–H and O–H groups in total. The minimum absolute atomic E-state index is 0.120. The molecule has 1 aromatic carbocycles. The lowest BCUT2D eigenvalue weighted by molar-refractivity contribution is -0.194. The Balaban J connectivity index is 1.98. The Bertz CT molecular complexity index is 443. The first-order valence-electron chi connectivity index (χ1n) is 7.22. The van der Waals surface area contributed by atoms with Crippen molar-refractivity contribution >= 4 is 6.08 Å². The molecular formula is C17H24O3. The summed E-state index contributed by atoms with van der Waals surface area (Å²) in [5.74, 6) is -0.557. The zero-order chi connectivity index (χ0) is 14.5. The van der Waals surface area contributed by atoms with Crippen molar-refractivity contribution in [3.63, 3.8) is 0 Å². The van der Waals surface area contributed by atoms with Crippen molar-refractivity contribution in [1.82, 2.24) is 0 Å². The number of hydrogen-bond donors (Lipinski definition) is 1. The number of aliphatic hydroxyl groups excluding tert-OH is 1. The first-order valence-corrected chi connectivity index (χ1v) is 7.22. The average Bonchev–Trinajstić information content (AvgIpc) is 2.79. The van der Waals surface area contributed by atoms with Gasteiger partial charge in [0.05, 0.1) is 13.2 Å². The largest absolute Gasteiger partial charge is 0.396 e. The van der Waals surface area contributed by atoms with Gasteiger partial charge in [-0.05, 0) is 25.8 Å². The lowest BCUT2D eigenvalue weighted by atomic mass is 9.82. The van der Waals surface area contributed by atoms with Crippen LogP contribution in [0.2, 0.25) is 0 Å². The molecule has 1 aromatic rings. The molecule has 0 radical (unpaired) electrons. The summed E-state index contributed by atoms with van der Waals surface area (Å²) in [5.41, 5.74) is 0.946. The molecule has 0 amide bonds. The van der Waals surface area contributed by atoms with Gasteiger partial charge in [-0.3, -0.25) is 0 Å². The third kappa shape index (κ3) is 3.69. The molecule has 2 atom stereocenters. The number of hydrogen-bond acceptors (Lipinski definition) is 3. The molecule has 1 aliphatic heterocycles. The Labute approximate surface area is 121 Å². The zero-order valence-electron chi connectivity index (χ0n) is 12.3. The molecule has 110 valence electrons. The molecule has 1 heterocycles. The second-order valence-electron chi connectivity index (χ2n) is 5.71. The molecule has 1 aliphatic rings. The van der Waals surface area contributed by atoms with Crippen molar-refractivity contribution in [1.29, 1.82) is 0 Å². The van der Waals surface area contributed by atoms with Gasteiger partial charge in [-0.25, -0.2) is 0 Å². The van der Waals surface area contributed by atoms with Crippen LogP contribution in [0.4, 0.5) is 0 Å². The molecule has 2 rings (SSSR count). The molecule has 3 heteroatoms. The van der Waals surface area contributed by atoms with Crippen LogP contribution in [0.15, 0.2) is 36.4 Å². The van der Waals surface area contributed by atoms with E-state index in [0.717, 1.165) is 12.8 Å². The van der Waals surface area contributed by atoms with Crippen molar-refractivity contribution < 1.29 is 14.6 Å². The molecule has 3 nitrogen and oxygen atoms in total. The maximum absolute atomic E-state index is 9.74. The second-order valence-corrected chi connectivity index (χ2v) is 5.71. The van der Waals surface area contributed by atoms with Crippen LogP contribution in [0, 0.1) is 5.41 Å². The highest BCUT2D eigenvalue weighted by Gasteiger charge is 2.46. The van der Waals surface area contributed by atoms with Gasteiger partial charge in [-0.2, -0.15) is 0 Å². The molecular weight excluding hydrogens is 252 g/mol. The molecule has 0 aliphatic carbocycles. The molecule has 1 fully saturated rings. The fourth-order valence-corrected chi connectivity index (χ4v) is 2.79. The highest BCUT2D eigenvalue weighted by Crippen LogP contribution is 2.42. The molecule has 0 spiro atoms. The summed E-state index contributed by atoms with van der Waals surface area (Å²) in [6, 6.07) is 10.2. The lowest BCUT2D eigenvalue weighted by Gasteiger charge is -2.26. The van der Waals surface area contributed by atoms with Gasteiger partial charge >= 0.3 is 0 Å². The summed E-state index contributed by atoms with van der Waals surface area (Å²) in [7, 11) is 0. The maximum Gasteiger partial charge on any atom is 0.166 e. The maximum atomic E-state index is 9.74. The van der Waals surface area contributed by atoms with Crippen LogP contribution in [-0.2, 0) is 9.47 Å². The summed E-state index contributed by atoms with van der Waals surface area (Å²) < 4.78 is 11.4. The van der Waals surface area contributed by atoms with Crippen LogP contribution in [0.5, 0.6) is 0 Å². The van der Waals surface area contributed by atoms with E-state index < -0.39 is 5.79 Å². The SMILES string of the molecule is CCOC1(C)CC(CO)(C/C=C/c2ccccc2)CO1. The Hall–Kier alpha value is -1.16. The van der Waals surface area contributed by atoms with Crippen LogP contribution in [-0.4, -0.2) is 30.7 Å². The monoisotopic (exact) mass is 276 g/mol. The number of ether oxygens (including phenoxy) is 2. The summed E-state index contributed by atoms with van der Waals surface area (Å²) in [6.07, 6.45) is 5.73. The van der Waals surface area contributed by atoms with Crippen molar-refractivity contribution in [3.05, 3.63) is 42.0 Å². The molecule has 0 saturated carbocycles. The molecule has 1 saturated heterocycles.